The smallest absolute Gasteiger partial charge is 0.226 e. The van der Waals surface area contributed by atoms with Crippen molar-refractivity contribution in [2.45, 2.75) is 25.7 Å². The lowest BCUT2D eigenvalue weighted by molar-refractivity contribution is -0.120. The van der Waals surface area contributed by atoms with Gasteiger partial charge in [-0.2, -0.15) is 0 Å². The molecule has 4 heteroatoms. The standard InChI is InChI=1S/C15H18N2O2/c1-15(2,13-7-5-9-19-13)11-17-14(18)10-12-6-3-4-8-16-12/h3-9H,10-11H2,1-2H3,(H,17,18). The Labute approximate surface area is 112 Å². The molecule has 0 unspecified atom stereocenters. The molecule has 0 aliphatic rings. The summed E-state index contributed by atoms with van der Waals surface area (Å²) in [7, 11) is 0. The average Bonchev–Trinajstić information content (AvgIpc) is 2.92. The van der Waals surface area contributed by atoms with Crippen LogP contribution in [0.4, 0.5) is 0 Å². The Balaban J connectivity index is 1.87. The second-order valence-corrected chi connectivity index (χ2v) is 5.14. The quantitative estimate of drug-likeness (QED) is 0.895. The Morgan fingerprint density at radius 2 is 2.16 bits per heavy atom. The van der Waals surface area contributed by atoms with E-state index in [9.17, 15) is 4.79 Å². The van der Waals surface area contributed by atoms with E-state index in [1.807, 2.05) is 44.2 Å². The molecule has 0 aromatic carbocycles. The Kier molecular flexibility index (Phi) is 4.00. The number of nitrogens with one attached hydrogen (secondary N) is 1. The Hall–Kier alpha value is -2.10. The van der Waals surface area contributed by atoms with Crippen molar-refractivity contribution in [3.63, 3.8) is 0 Å². The van der Waals surface area contributed by atoms with Crippen molar-refractivity contribution >= 4 is 5.91 Å². The molecule has 2 rings (SSSR count). The zero-order valence-corrected chi connectivity index (χ0v) is 11.2. The molecule has 2 aromatic heterocycles. The molecule has 2 aromatic rings. The first-order chi connectivity index (χ1) is 9.08. The maximum Gasteiger partial charge on any atom is 0.226 e. The van der Waals surface area contributed by atoms with Crippen LogP contribution in [0.15, 0.2) is 47.2 Å². The van der Waals surface area contributed by atoms with Crippen molar-refractivity contribution in [2.24, 2.45) is 0 Å². The number of pyridine rings is 1. The summed E-state index contributed by atoms with van der Waals surface area (Å²) in [6, 6.07) is 9.33. The monoisotopic (exact) mass is 258 g/mol. The fraction of sp³-hybridized carbons (Fsp3) is 0.333. The highest BCUT2D eigenvalue weighted by molar-refractivity contribution is 5.78. The van der Waals surface area contributed by atoms with Gasteiger partial charge in [-0.05, 0) is 24.3 Å². The fourth-order valence-corrected chi connectivity index (χ4v) is 1.80. The third-order valence-electron chi connectivity index (χ3n) is 2.98. The van der Waals surface area contributed by atoms with Crippen LogP contribution >= 0.6 is 0 Å². The summed E-state index contributed by atoms with van der Waals surface area (Å²) in [5.41, 5.74) is 0.555. The van der Waals surface area contributed by atoms with Gasteiger partial charge in [0.2, 0.25) is 5.91 Å². The molecule has 2 heterocycles. The van der Waals surface area contributed by atoms with E-state index < -0.39 is 0 Å². The van der Waals surface area contributed by atoms with E-state index in [0.29, 0.717) is 13.0 Å². The van der Waals surface area contributed by atoms with Gasteiger partial charge in [-0.3, -0.25) is 9.78 Å². The molecule has 0 radical (unpaired) electrons. The number of amides is 1. The number of carbonyl (C=O) groups excluding carboxylic acids is 1. The second-order valence-electron chi connectivity index (χ2n) is 5.14. The molecule has 0 saturated heterocycles. The van der Waals surface area contributed by atoms with Crippen molar-refractivity contribution in [1.29, 1.82) is 0 Å². The first-order valence-electron chi connectivity index (χ1n) is 6.28. The number of aromatic nitrogens is 1. The van der Waals surface area contributed by atoms with E-state index in [2.05, 4.69) is 10.3 Å². The summed E-state index contributed by atoms with van der Waals surface area (Å²) in [5, 5.41) is 2.92. The Morgan fingerprint density at radius 1 is 1.32 bits per heavy atom. The number of carbonyl (C=O) groups is 1. The van der Waals surface area contributed by atoms with Crippen LogP contribution in [0.25, 0.3) is 0 Å². The van der Waals surface area contributed by atoms with Gasteiger partial charge in [-0.15, -0.1) is 0 Å². The van der Waals surface area contributed by atoms with Gasteiger partial charge >= 0.3 is 0 Å². The van der Waals surface area contributed by atoms with Crippen molar-refractivity contribution in [3.05, 3.63) is 54.2 Å². The summed E-state index contributed by atoms with van der Waals surface area (Å²) < 4.78 is 5.39. The molecular weight excluding hydrogens is 240 g/mol. The van der Waals surface area contributed by atoms with E-state index >= 15 is 0 Å². The zero-order valence-electron chi connectivity index (χ0n) is 11.2. The molecule has 19 heavy (non-hydrogen) atoms. The molecular formula is C15H18N2O2. The molecule has 0 bridgehead atoms. The number of nitrogens with zero attached hydrogens (tertiary/aromatic N) is 1. The zero-order chi connectivity index (χ0) is 13.7. The molecule has 4 nitrogen and oxygen atoms in total. The molecule has 100 valence electrons. The van der Waals surface area contributed by atoms with Gasteiger partial charge in [0.25, 0.3) is 0 Å². The summed E-state index contributed by atoms with van der Waals surface area (Å²) >= 11 is 0. The number of hydrogen-bond acceptors (Lipinski definition) is 3. The minimum Gasteiger partial charge on any atom is -0.469 e. The molecule has 0 fully saturated rings. The van der Waals surface area contributed by atoms with Gasteiger partial charge in [-0.1, -0.05) is 19.9 Å². The lowest BCUT2D eigenvalue weighted by Gasteiger charge is -2.22. The highest BCUT2D eigenvalue weighted by atomic mass is 16.3. The molecule has 0 atom stereocenters. The van der Waals surface area contributed by atoms with Crippen LogP contribution in [-0.4, -0.2) is 17.4 Å². The van der Waals surface area contributed by atoms with Gasteiger partial charge in [-0.25, -0.2) is 0 Å². The van der Waals surface area contributed by atoms with Crippen molar-refractivity contribution in [2.75, 3.05) is 6.54 Å². The first kappa shape index (κ1) is 13.3. The largest absolute Gasteiger partial charge is 0.469 e. The lowest BCUT2D eigenvalue weighted by atomic mass is 9.90. The minimum atomic E-state index is -0.219. The van der Waals surface area contributed by atoms with Crippen LogP contribution in [0, 0.1) is 0 Å². The SMILES string of the molecule is CC(C)(CNC(=O)Cc1ccccn1)c1ccco1. The predicted molar refractivity (Wildman–Crippen MR) is 72.7 cm³/mol. The molecule has 1 N–H and O–H groups in total. The van der Waals surface area contributed by atoms with Gasteiger partial charge in [0.15, 0.2) is 0 Å². The first-order valence-corrected chi connectivity index (χ1v) is 6.28. The van der Waals surface area contributed by atoms with Gasteiger partial charge in [0, 0.05) is 23.9 Å². The summed E-state index contributed by atoms with van der Waals surface area (Å²) in [5.74, 6) is 0.837. The van der Waals surface area contributed by atoms with Crippen LogP contribution in [0.3, 0.4) is 0 Å². The van der Waals surface area contributed by atoms with Crippen molar-refractivity contribution < 1.29 is 9.21 Å². The number of rotatable bonds is 5. The summed E-state index contributed by atoms with van der Waals surface area (Å²) in [4.78, 5) is 16.0. The van der Waals surface area contributed by atoms with E-state index in [1.54, 1.807) is 12.5 Å². The van der Waals surface area contributed by atoms with Crippen molar-refractivity contribution in [1.82, 2.24) is 10.3 Å². The van der Waals surface area contributed by atoms with Gasteiger partial charge < -0.3 is 9.73 Å². The van der Waals surface area contributed by atoms with Crippen LogP contribution in [0.5, 0.6) is 0 Å². The van der Waals surface area contributed by atoms with Crippen LogP contribution in [0.1, 0.15) is 25.3 Å². The third kappa shape index (κ3) is 3.68. The average molecular weight is 258 g/mol. The Bertz CT molecular complexity index is 518. The molecule has 0 aliphatic carbocycles. The number of furan rings is 1. The predicted octanol–water partition coefficient (Wildman–Crippen LogP) is 2.31. The number of hydrogen-bond donors (Lipinski definition) is 1. The topological polar surface area (TPSA) is 55.1 Å². The lowest BCUT2D eigenvalue weighted by Crippen LogP contribution is -2.37. The van der Waals surface area contributed by atoms with Crippen LogP contribution in [0.2, 0.25) is 0 Å². The van der Waals surface area contributed by atoms with Crippen molar-refractivity contribution in [3.8, 4) is 0 Å². The third-order valence-corrected chi connectivity index (χ3v) is 2.98. The van der Waals surface area contributed by atoms with Gasteiger partial charge in [0.1, 0.15) is 5.76 Å². The van der Waals surface area contributed by atoms with Gasteiger partial charge in [0.05, 0.1) is 12.7 Å². The minimum absolute atomic E-state index is 0.0293. The van der Waals surface area contributed by atoms with E-state index in [-0.39, 0.29) is 11.3 Å². The molecule has 0 aliphatic heterocycles. The summed E-state index contributed by atoms with van der Waals surface area (Å²) in [6.07, 6.45) is 3.64. The normalized spacial score (nSPS) is 11.3. The Morgan fingerprint density at radius 3 is 2.79 bits per heavy atom. The highest BCUT2D eigenvalue weighted by Crippen LogP contribution is 2.22. The fourth-order valence-electron chi connectivity index (χ4n) is 1.80. The molecule has 0 saturated carbocycles. The molecule has 1 amide bonds. The van der Waals surface area contributed by atoms with E-state index in [0.717, 1.165) is 11.5 Å². The highest BCUT2D eigenvalue weighted by Gasteiger charge is 2.24. The van der Waals surface area contributed by atoms with Crippen LogP contribution in [-0.2, 0) is 16.6 Å². The second kappa shape index (κ2) is 5.69. The maximum absolute atomic E-state index is 11.8. The summed E-state index contributed by atoms with van der Waals surface area (Å²) in [6.45, 7) is 4.60. The van der Waals surface area contributed by atoms with Crippen LogP contribution < -0.4 is 5.32 Å². The maximum atomic E-state index is 11.8. The molecule has 0 spiro atoms. The van der Waals surface area contributed by atoms with E-state index in [4.69, 9.17) is 4.42 Å². The van der Waals surface area contributed by atoms with E-state index in [1.165, 1.54) is 0 Å².